The number of sulfone groups is 1. The van der Waals surface area contributed by atoms with Gasteiger partial charge in [0.15, 0.2) is 15.0 Å². The molecule has 0 N–H and O–H groups in total. The molecule has 1 aliphatic carbocycles. The Morgan fingerprint density at radius 2 is 1.96 bits per heavy atom. The normalized spacial score (nSPS) is 29.9. The lowest BCUT2D eigenvalue weighted by Gasteiger charge is -2.24. The number of carbonyl (C=O) groups excluding carboxylic acids is 1. The Labute approximate surface area is 154 Å². The monoisotopic (exact) mass is 404 g/mol. The lowest BCUT2D eigenvalue weighted by Crippen LogP contribution is -2.37. The number of anilines is 1. The van der Waals surface area contributed by atoms with Gasteiger partial charge in [-0.3, -0.25) is 4.79 Å². The summed E-state index contributed by atoms with van der Waals surface area (Å²) in [6.07, 6.45) is 1.77. The summed E-state index contributed by atoms with van der Waals surface area (Å²) in [6, 6.07) is 4.90. The summed E-state index contributed by atoms with van der Waals surface area (Å²) < 4.78 is 24.0. The van der Waals surface area contributed by atoms with E-state index >= 15 is 0 Å². The van der Waals surface area contributed by atoms with Crippen LogP contribution in [0.15, 0.2) is 23.2 Å². The summed E-state index contributed by atoms with van der Waals surface area (Å²) in [5.41, 5.74) is 0.712. The van der Waals surface area contributed by atoms with Gasteiger partial charge in [-0.1, -0.05) is 35.0 Å². The molecule has 3 fully saturated rings. The Morgan fingerprint density at radius 3 is 2.62 bits per heavy atom. The summed E-state index contributed by atoms with van der Waals surface area (Å²) in [5, 5.41) is 1.26. The first kappa shape index (κ1) is 16.7. The molecule has 3 aliphatic rings. The van der Waals surface area contributed by atoms with Crippen molar-refractivity contribution < 1.29 is 13.2 Å². The van der Waals surface area contributed by atoms with Gasteiger partial charge in [-0.2, -0.15) is 4.99 Å². The van der Waals surface area contributed by atoms with E-state index in [1.165, 1.54) is 11.8 Å². The van der Waals surface area contributed by atoms with Crippen molar-refractivity contribution in [3.05, 3.63) is 28.2 Å². The van der Waals surface area contributed by atoms with Crippen molar-refractivity contribution in [2.75, 3.05) is 16.4 Å². The molecule has 0 unspecified atom stereocenters. The van der Waals surface area contributed by atoms with E-state index in [9.17, 15) is 13.2 Å². The van der Waals surface area contributed by atoms with E-state index in [1.54, 1.807) is 18.2 Å². The number of benzene rings is 1. The van der Waals surface area contributed by atoms with Crippen molar-refractivity contribution in [1.82, 2.24) is 0 Å². The maximum Gasteiger partial charge on any atom is 0.251 e. The summed E-state index contributed by atoms with van der Waals surface area (Å²) in [5.74, 6) is 0.0709. The quantitative estimate of drug-likeness (QED) is 0.757. The van der Waals surface area contributed by atoms with Crippen molar-refractivity contribution in [3.63, 3.8) is 0 Å². The summed E-state index contributed by atoms with van der Waals surface area (Å²) in [7, 11) is -3.08. The molecule has 1 aromatic carbocycles. The third-order valence-corrected chi connectivity index (χ3v) is 8.33. The van der Waals surface area contributed by atoms with Crippen LogP contribution in [0.3, 0.4) is 0 Å². The fraction of sp³-hybridized carbons (Fsp3) is 0.467. The number of hydrogen-bond acceptors (Lipinski definition) is 4. The smallest absolute Gasteiger partial charge is 0.251 e. The van der Waals surface area contributed by atoms with Crippen LogP contribution in [0, 0.1) is 5.92 Å². The first-order chi connectivity index (χ1) is 11.3. The molecule has 2 aliphatic heterocycles. The van der Waals surface area contributed by atoms with Gasteiger partial charge in [0.2, 0.25) is 0 Å². The first-order valence-electron chi connectivity index (χ1n) is 7.58. The molecule has 0 bridgehead atoms. The zero-order valence-electron chi connectivity index (χ0n) is 12.5. The zero-order valence-corrected chi connectivity index (χ0v) is 15.6. The number of amidine groups is 1. The van der Waals surface area contributed by atoms with Crippen molar-refractivity contribution >= 4 is 61.6 Å². The minimum Gasteiger partial charge on any atom is -0.316 e. The number of rotatable bonds is 2. The Balaban J connectivity index is 1.74. The van der Waals surface area contributed by atoms with Gasteiger partial charge in [-0.15, -0.1) is 0 Å². The largest absolute Gasteiger partial charge is 0.316 e. The number of halogens is 2. The molecular weight excluding hydrogens is 391 g/mol. The van der Waals surface area contributed by atoms with Gasteiger partial charge in [0, 0.05) is 16.9 Å². The van der Waals surface area contributed by atoms with Gasteiger partial charge in [-0.05, 0) is 31.0 Å². The van der Waals surface area contributed by atoms with Gasteiger partial charge in [0.1, 0.15) is 0 Å². The highest BCUT2D eigenvalue weighted by atomic mass is 35.5. The van der Waals surface area contributed by atoms with E-state index in [0.717, 1.165) is 12.8 Å². The first-order valence-corrected chi connectivity index (χ1v) is 11.0. The van der Waals surface area contributed by atoms with Gasteiger partial charge in [-0.25, -0.2) is 8.42 Å². The fourth-order valence-electron chi connectivity index (χ4n) is 3.02. The molecule has 2 saturated heterocycles. The molecule has 24 heavy (non-hydrogen) atoms. The molecule has 5 nitrogen and oxygen atoms in total. The number of hydrogen-bond donors (Lipinski definition) is 0. The summed E-state index contributed by atoms with van der Waals surface area (Å²) in [4.78, 5) is 18.2. The highest BCUT2D eigenvalue weighted by Gasteiger charge is 2.49. The van der Waals surface area contributed by atoms with Crippen LogP contribution < -0.4 is 4.90 Å². The van der Waals surface area contributed by atoms with Crippen LogP contribution in [0.4, 0.5) is 5.69 Å². The molecule has 9 heteroatoms. The molecule has 1 saturated carbocycles. The van der Waals surface area contributed by atoms with Crippen LogP contribution in [0.1, 0.15) is 12.8 Å². The van der Waals surface area contributed by atoms with Gasteiger partial charge >= 0.3 is 0 Å². The molecule has 0 aromatic heterocycles. The number of carbonyl (C=O) groups is 1. The number of aliphatic imine (C=N–C) groups is 1. The number of nitrogens with zero attached hydrogens (tertiary/aromatic N) is 2. The predicted octanol–water partition coefficient (Wildman–Crippen LogP) is 3.00. The maximum atomic E-state index is 12.1. The second kappa shape index (κ2) is 5.90. The molecule has 0 radical (unpaired) electrons. The SMILES string of the molecule is O=C(N=C1S[C@@H]2CS(=O)(=O)C[C@H]2N1c1ccc(Cl)c(Cl)c1)C1CC1. The standard InChI is InChI=1S/C15H14Cl2N2O3S2/c16-10-4-3-9(5-11(10)17)19-12-6-24(21,22)7-13(12)23-15(19)18-14(20)8-1-2-8/h3-5,8,12-13H,1-2,6-7H2/t12-,13-/m1/s1. The van der Waals surface area contributed by atoms with E-state index in [0.29, 0.717) is 20.9 Å². The van der Waals surface area contributed by atoms with Crippen LogP contribution in [-0.4, -0.2) is 42.3 Å². The lowest BCUT2D eigenvalue weighted by atomic mass is 10.2. The van der Waals surface area contributed by atoms with E-state index in [4.69, 9.17) is 23.2 Å². The van der Waals surface area contributed by atoms with E-state index in [-0.39, 0.29) is 34.6 Å². The highest BCUT2D eigenvalue weighted by molar-refractivity contribution is 8.16. The van der Waals surface area contributed by atoms with Gasteiger partial charge in [0.25, 0.3) is 5.91 Å². The molecule has 2 atom stereocenters. The molecule has 4 rings (SSSR count). The number of thioether (sulfide) groups is 1. The molecule has 1 aromatic rings. The molecule has 128 valence electrons. The molecule has 2 heterocycles. The van der Waals surface area contributed by atoms with Crippen LogP contribution in [0.2, 0.25) is 10.0 Å². The van der Waals surface area contributed by atoms with E-state index in [2.05, 4.69) is 4.99 Å². The third kappa shape index (κ3) is 3.07. The van der Waals surface area contributed by atoms with E-state index < -0.39 is 9.84 Å². The average Bonchev–Trinajstić information content (AvgIpc) is 3.23. The molecule has 1 amide bonds. The minimum absolute atomic E-state index is 0.0259. The maximum absolute atomic E-state index is 12.1. The van der Waals surface area contributed by atoms with Crippen LogP contribution in [-0.2, 0) is 14.6 Å². The zero-order chi connectivity index (χ0) is 17.1. The summed E-state index contributed by atoms with van der Waals surface area (Å²) >= 11 is 13.5. The number of fused-ring (bicyclic) bond motifs is 1. The highest BCUT2D eigenvalue weighted by Crippen LogP contribution is 2.42. The van der Waals surface area contributed by atoms with Crippen molar-refractivity contribution in [1.29, 1.82) is 0 Å². The third-order valence-electron chi connectivity index (χ3n) is 4.38. The lowest BCUT2D eigenvalue weighted by molar-refractivity contribution is -0.118. The predicted molar refractivity (Wildman–Crippen MR) is 97.9 cm³/mol. The Bertz CT molecular complexity index is 852. The Kier molecular flexibility index (Phi) is 4.10. The Hall–Kier alpha value is -0.760. The summed E-state index contributed by atoms with van der Waals surface area (Å²) in [6.45, 7) is 0. The van der Waals surface area contributed by atoms with Crippen LogP contribution >= 0.6 is 35.0 Å². The second-order valence-electron chi connectivity index (χ2n) is 6.28. The number of amides is 1. The van der Waals surface area contributed by atoms with Crippen LogP contribution in [0.25, 0.3) is 0 Å². The molecular formula is C15H14Cl2N2O3S2. The molecule has 0 spiro atoms. The Morgan fingerprint density at radius 1 is 1.21 bits per heavy atom. The van der Waals surface area contributed by atoms with Gasteiger partial charge in [0.05, 0.1) is 27.6 Å². The second-order valence-corrected chi connectivity index (χ2v) is 10.5. The van der Waals surface area contributed by atoms with Crippen molar-refractivity contribution in [2.24, 2.45) is 10.9 Å². The van der Waals surface area contributed by atoms with E-state index in [1.807, 2.05) is 4.90 Å². The minimum atomic E-state index is -3.08. The average molecular weight is 405 g/mol. The fourth-order valence-corrected chi connectivity index (χ4v) is 7.23. The van der Waals surface area contributed by atoms with Crippen molar-refractivity contribution in [2.45, 2.75) is 24.1 Å². The van der Waals surface area contributed by atoms with Crippen molar-refractivity contribution in [3.8, 4) is 0 Å². The topological polar surface area (TPSA) is 66.8 Å². The van der Waals surface area contributed by atoms with Crippen LogP contribution in [0.5, 0.6) is 0 Å². The van der Waals surface area contributed by atoms with Gasteiger partial charge < -0.3 is 4.90 Å².